The molecule has 0 saturated heterocycles. The lowest BCUT2D eigenvalue weighted by molar-refractivity contribution is 0.0336. The largest absolute Gasteiger partial charge is 0.380 e. The molecule has 0 heterocycles. The predicted molar refractivity (Wildman–Crippen MR) is 87.5 cm³/mol. The van der Waals surface area contributed by atoms with Gasteiger partial charge in [0, 0.05) is 13.2 Å². The van der Waals surface area contributed by atoms with Crippen molar-refractivity contribution in [2.75, 3.05) is 13.7 Å². The molecule has 0 aliphatic heterocycles. The fourth-order valence-electron chi connectivity index (χ4n) is 3.22. The van der Waals surface area contributed by atoms with Crippen LogP contribution in [-0.4, -0.2) is 25.8 Å². The molecule has 20 heavy (non-hydrogen) atoms. The Morgan fingerprint density at radius 3 is 2.05 bits per heavy atom. The highest BCUT2D eigenvalue weighted by Gasteiger charge is 2.24. The third-order valence-electron chi connectivity index (χ3n) is 4.06. The molecule has 0 bridgehead atoms. The number of ether oxygens (including phenoxy) is 1. The molecule has 0 radical (unpaired) electrons. The highest BCUT2D eigenvalue weighted by atomic mass is 16.5. The van der Waals surface area contributed by atoms with Gasteiger partial charge < -0.3 is 10.1 Å². The van der Waals surface area contributed by atoms with E-state index in [9.17, 15) is 0 Å². The number of benzene rings is 1. The van der Waals surface area contributed by atoms with Crippen molar-refractivity contribution in [2.45, 2.75) is 60.1 Å². The average Bonchev–Trinajstić information content (AvgIpc) is 2.33. The molecule has 2 unspecified atom stereocenters. The van der Waals surface area contributed by atoms with Crippen LogP contribution < -0.4 is 5.32 Å². The molecule has 0 spiro atoms. The first-order valence-corrected chi connectivity index (χ1v) is 7.73. The monoisotopic (exact) mass is 277 g/mol. The molecule has 114 valence electrons. The quantitative estimate of drug-likeness (QED) is 0.818. The molecule has 0 aromatic heterocycles. The van der Waals surface area contributed by atoms with Gasteiger partial charge in [-0.05, 0) is 56.3 Å². The maximum Gasteiger partial charge on any atom is 0.0750 e. The Balaban J connectivity index is 3.01. The molecule has 1 rings (SSSR count). The van der Waals surface area contributed by atoms with Crippen LogP contribution in [0.2, 0.25) is 0 Å². The van der Waals surface area contributed by atoms with E-state index in [4.69, 9.17) is 4.74 Å². The van der Waals surface area contributed by atoms with Crippen molar-refractivity contribution in [3.05, 3.63) is 34.4 Å². The molecule has 2 atom stereocenters. The van der Waals surface area contributed by atoms with E-state index in [1.807, 2.05) is 7.11 Å². The minimum atomic E-state index is 0.245. The second-order valence-corrected chi connectivity index (χ2v) is 6.19. The average molecular weight is 277 g/mol. The van der Waals surface area contributed by atoms with E-state index >= 15 is 0 Å². The number of hydrogen-bond donors (Lipinski definition) is 1. The number of nitrogens with one attached hydrogen (secondary N) is 1. The molecule has 0 amide bonds. The highest BCUT2D eigenvalue weighted by Crippen LogP contribution is 2.21. The van der Waals surface area contributed by atoms with E-state index in [2.05, 4.69) is 59.0 Å². The Hall–Kier alpha value is -0.860. The van der Waals surface area contributed by atoms with Gasteiger partial charge in [0.05, 0.1) is 6.10 Å². The number of aryl methyl sites for hydroxylation is 3. The van der Waals surface area contributed by atoms with E-state index in [1.165, 1.54) is 22.3 Å². The maximum absolute atomic E-state index is 5.74. The fourth-order valence-corrected chi connectivity index (χ4v) is 3.22. The van der Waals surface area contributed by atoms with Gasteiger partial charge in [0.2, 0.25) is 0 Å². The van der Waals surface area contributed by atoms with Gasteiger partial charge in [-0.15, -0.1) is 0 Å². The summed E-state index contributed by atoms with van der Waals surface area (Å²) in [6.07, 6.45) is 1.28. The van der Waals surface area contributed by atoms with Crippen LogP contribution in [0, 0.1) is 26.7 Å². The van der Waals surface area contributed by atoms with Gasteiger partial charge in [0.15, 0.2) is 0 Å². The Kier molecular flexibility index (Phi) is 6.70. The van der Waals surface area contributed by atoms with Gasteiger partial charge >= 0.3 is 0 Å². The summed E-state index contributed by atoms with van der Waals surface area (Å²) in [4.78, 5) is 0. The van der Waals surface area contributed by atoms with E-state index in [0.29, 0.717) is 12.0 Å². The Bertz CT molecular complexity index is 402. The van der Waals surface area contributed by atoms with Crippen LogP contribution in [0.3, 0.4) is 0 Å². The summed E-state index contributed by atoms with van der Waals surface area (Å²) in [5.41, 5.74) is 5.59. The van der Waals surface area contributed by atoms with Crippen molar-refractivity contribution >= 4 is 0 Å². The molecule has 0 aliphatic carbocycles. The lowest BCUT2D eigenvalue weighted by Gasteiger charge is -2.30. The summed E-state index contributed by atoms with van der Waals surface area (Å²) in [5, 5.41) is 3.61. The van der Waals surface area contributed by atoms with Gasteiger partial charge in [-0.1, -0.05) is 38.5 Å². The second-order valence-electron chi connectivity index (χ2n) is 6.19. The van der Waals surface area contributed by atoms with Crippen molar-refractivity contribution in [1.29, 1.82) is 0 Å². The van der Waals surface area contributed by atoms with Crippen LogP contribution >= 0.6 is 0 Å². The zero-order valence-corrected chi connectivity index (χ0v) is 14.2. The standard InChI is InChI=1S/C18H31NO/c1-8-19-17(18(20-7)12(2)3)11-16-14(5)9-13(4)10-15(16)6/h9-10,12,17-19H,8,11H2,1-7H3. The molecular formula is C18H31NO. The summed E-state index contributed by atoms with van der Waals surface area (Å²) in [5.74, 6) is 0.509. The molecule has 0 fully saturated rings. The van der Waals surface area contributed by atoms with E-state index in [1.54, 1.807) is 0 Å². The van der Waals surface area contributed by atoms with Crippen LogP contribution in [0.4, 0.5) is 0 Å². The third kappa shape index (κ3) is 4.32. The summed E-state index contributed by atoms with van der Waals surface area (Å²) in [6.45, 7) is 14.2. The first-order valence-electron chi connectivity index (χ1n) is 7.73. The third-order valence-corrected chi connectivity index (χ3v) is 4.06. The minimum Gasteiger partial charge on any atom is -0.380 e. The SMILES string of the molecule is CCNC(Cc1c(C)cc(C)cc1C)C(OC)C(C)C. The highest BCUT2D eigenvalue weighted by molar-refractivity contribution is 5.38. The Morgan fingerprint density at radius 1 is 1.10 bits per heavy atom. The first-order chi connectivity index (χ1) is 9.40. The minimum absolute atomic E-state index is 0.245. The Labute approximate surface area is 124 Å². The molecule has 0 aliphatic rings. The molecule has 1 aromatic carbocycles. The normalized spacial score (nSPS) is 14.6. The summed E-state index contributed by atoms with van der Waals surface area (Å²) >= 11 is 0. The topological polar surface area (TPSA) is 21.3 Å². The number of hydrogen-bond acceptors (Lipinski definition) is 2. The smallest absolute Gasteiger partial charge is 0.0750 e. The van der Waals surface area contributed by atoms with Gasteiger partial charge in [-0.2, -0.15) is 0 Å². The van der Waals surface area contributed by atoms with Crippen molar-refractivity contribution in [3.8, 4) is 0 Å². The fraction of sp³-hybridized carbons (Fsp3) is 0.667. The van der Waals surface area contributed by atoms with Crippen molar-refractivity contribution < 1.29 is 4.74 Å². The summed E-state index contributed by atoms with van der Waals surface area (Å²) in [6, 6.07) is 4.93. The van der Waals surface area contributed by atoms with E-state index < -0.39 is 0 Å². The first kappa shape index (κ1) is 17.2. The van der Waals surface area contributed by atoms with Gasteiger partial charge in [-0.25, -0.2) is 0 Å². The van der Waals surface area contributed by atoms with Crippen molar-refractivity contribution in [1.82, 2.24) is 5.32 Å². The predicted octanol–water partition coefficient (Wildman–Crippen LogP) is 3.80. The second kappa shape index (κ2) is 7.80. The van der Waals surface area contributed by atoms with Crippen LogP contribution in [-0.2, 0) is 11.2 Å². The van der Waals surface area contributed by atoms with Crippen molar-refractivity contribution in [2.24, 2.45) is 5.92 Å². The molecule has 1 N–H and O–H groups in total. The molecule has 2 heteroatoms. The van der Waals surface area contributed by atoms with Crippen LogP contribution in [0.15, 0.2) is 12.1 Å². The van der Waals surface area contributed by atoms with Gasteiger partial charge in [0.1, 0.15) is 0 Å². The molecule has 2 nitrogen and oxygen atoms in total. The van der Waals surface area contributed by atoms with Crippen LogP contribution in [0.25, 0.3) is 0 Å². The van der Waals surface area contributed by atoms with E-state index in [0.717, 1.165) is 13.0 Å². The number of rotatable bonds is 7. The lowest BCUT2D eigenvalue weighted by atomic mass is 9.89. The number of methoxy groups -OCH3 is 1. The molecule has 0 saturated carbocycles. The van der Waals surface area contributed by atoms with Gasteiger partial charge in [-0.3, -0.25) is 0 Å². The zero-order chi connectivity index (χ0) is 15.3. The van der Waals surface area contributed by atoms with Crippen molar-refractivity contribution in [3.63, 3.8) is 0 Å². The molecular weight excluding hydrogens is 246 g/mol. The summed E-state index contributed by atoms with van der Waals surface area (Å²) < 4.78 is 5.74. The lowest BCUT2D eigenvalue weighted by Crippen LogP contribution is -2.45. The van der Waals surface area contributed by atoms with Gasteiger partial charge in [0.25, 0.3) is 0 Å². The Morgan fingerprint density at radius 2 is 1.65 bits per heavy atom. The van der Waals surface area contributed by atoms with Crippen LogP contribution in [0.1, 0.15) is 43.0 Å². The molecule has 1 aromatic rings. The zero-order valence-electron chi connectivity index (χ0n) is 14.2. The van der Waals surface area contributed by atoms with Crippen LogP contribution in [0.5, 0.6) is 0 Å². The number of likely N-dealkylation sites (N-methyl/N-ethyl adjacent to an activating group) is 1. The summed E-state index contributed by atoms with van der Waals surface area (Å²) in [7, 11) is 1.82. The maximum atomic E-state index is 5.74. The van der Waals surface area contributed by atoms with E-state index in [-0.39, 0.29) is 6.10 Å².